The lowest BCUT2D eigenvalue weighted by Crippen LogP contribution is -2.60. The van der Waals surface area contributed by atoms with E-state index in [0.717, 1.165) is 21.4 Å². The van der Waals surface area contributed by atoms with Gasteiger partial charge >= 0.3 is 0 Å². The summed E-state index contributed by atoms with van der Waals surface area (Å²) in [6, 6.07) is 23.3. The molecule has 1 N–H and O–H groups in total. The molecule has 0 aromatic heterocycles. The third-order valence-corrected chi connectivity index (χ3v) is 13.2. The van der Waals surface area contributed by atoms with Crippen LogP contribution in [-0.4, -0.2) is 63.1 Å². The first-order chi connectivity index (χ1) is 25.5. The van der Waals surface area contributed by atoms with Crippen LogP contribution in [0, 0.1) is 17.8 Å². The molecule has 2 heterocycles. The molecule has 1 saturated carbocycles. The SMILES string of the molecule is COc1ccc(OC)c(C=Cc2ccc(N3C(=O)C4CC=C5C(CC6(Cl)C(=O)N(CBr)C(=O)C6(Cl)C5c5ccc6ccccc6c5O)C4C3=O)cc2)c1. The zero-order chi connectivity index (χ0) is 37.4. The molecule has 2 aliphatic heterocycles. The number of carbonyl (C=O) groups excluding carboxylic acids is 4. The topological polar surface area (TPSA) is 113 Å². The van der Waals surface area contributed by atoms with Crippen molar-refractivity contribution in [3.05, 3.63) is 107 Å². The second-order valence-electron chi connectivity index (χ2n) is 13.8. The number of phenolic OH excluding ortho intramolecular Hbond substituents is 1. The summed E-state index contributed by atoms with van der Waals surface area (Å²) in [5, 5.41) is 13.0. The van der Waals surface area contributed by atoms with Crippen molar-refractivity contribution < 1.29 is 33.8 Å². The maximum Gasteiger partial charge on any atom is 0.254 e. The van der Waals surface area contributed by atoms with Crippen LogP contribution in [0.5, 0.6) is 17.2 Å². The summed E-state index contributed by atoms with van der Waals surface area (Å²) in [7, 11) is 3.19. The Kier molecular flexibility index (Phi) is 8.71. The molecule has 4 amide bonds. The molecular weight excluding hydrogens is 783 g/mol. The highest BCUT2D eigenvalue weighted by atomic mass is 79.9. The minimum Gasteiger partial charge on any atom is -0.507 e. The summed E-state index contributed by atoms with van der Waals surface area (Å²) in [4.78, 5) is 55.0. The number of methoxy groups -OCH3 is 2. The fraction of sp³-hybridized carbons (Fsp3) is 0.268. The third-order valence-electron chi connectivity index (χ3n) is 11.3. The summed E-state index contributed by atoms with van der Waals surface area (Å²) in [5.41, 5.74) is 2.85. The number of halogens is 3. The molecule has 8 rings (SSSR count). The standard InChI is InChI=1S/C41H33BrCl2N2O7/c1-52-26-14-18-32(53-2)24(19-26)10-7-22-8-12-25(13-9-22)46-36(48)29-17-16-28-31(33(29)37(46)49)20-40(43)38(50)45(21-42)39(51)41(40,44)34(28)30-15-11-23-5-3-4-6-27(23)35(30)47/h3-16,18-19,29,31,33-34,47H,17,20-21H2,1-2H3. The number of phenols is 1. The highest BCUT2D eigenvalue weighted by Gasteiger charge is 2.76. The van der Waals surface area contributed by atoms with Gasteiger partial charge in [-0.15, -0.1) is 23.2 Å². The minimum atomic E-state index is -2.02. The molecule has 0 radical (unpaired) electrons. The van der Waals surface area contributed by atoms with Gasteiger partial charge in [0.1, 0.15) is 17.2 Å². The lowest BCUT2D eigenvalue weighted by molar-refractivity contribution is -0.138. The van der Waals surface area contributed by atoms with Gasteiger partial charge < -0.3 is 14.6 Å². The van der Waals surface area contributed by atoms with Gasteiger partial charge in [-0.25, -0.2) is 0 Å². The van der Waals surface area contributed by atoms with Crippen molar-refractivity contribution >= 4 is 91.4 Å². The number of carbonyl (C=O) groups is 4. The number of benzene rings is 4. The lowest BCUT2D eigenvalue weighted by atomic mass is 9.56. The zero-order valence-electron chi connectivity index (χ0n) is 28.6. The van der Waals surface area contributed by atoms with Gasteiger partial charge in [0.25, 0.3) is 11.8 Å². The second-order valence-corrected chi connectivity index (χ2v) is 15.5. The van der Waals surface area contributed by atoms with Gasteiger partial charge in [-0.3, -0.25) is 29.0 Å². The van der Waals surface area contributed by atoms with Crippen LogP contribution in [0.4, 0.5) is 5.69 Å². The molecule has 2 saturated heterocycles. The minimum absolute atomic E-state index is 0.0946. The van der Waals surface area contributed by atoms with Crippen LogP contribution in [0.3, 0.4) is 0 Å². The fourth-order valence-corrected chi connectivity index (χ4v) is 10.2. The van der Waals surface area contributed by atoms with Gasteiger partial charge in [0.2, 0.25) is 11.8 Å². The van der Waals surface area contributed by atoms with E-state index in [-0.39, 0.29) is 30.0 Å². The number of imide groups is 2. The maximum atomic E-state index is 14.5. The Bertz CT molecular complexity index is 2290. The Balaban J connectivity index is 1.16. The quantitative estimate of drug-likeness (QED) is 0.0671. The van der Waals surface area contributed by atoms with Crippen LogP contribution in [0.25, 0.3) is 22.9 Å². The molecular formula is C41H33BrCl2N2O7. The van der Waals surface area contributed by atoms with Crippen molar-refractivity contribution in [3.63, 3.8) is 0 Å². The summed E-state index contributed by atoms with van der Waals surface area (Å²) in [6.07, 6.45) is 5.70. The van der Waals surface area contributed by atoms with Gasteiger partial charge in [0.15, 0.2) is 9.75 Å². The Morgan fingerprint density at radius 1 is 0.887 bits per heavy atom. The van der Waals surface area contributed by atoms with Gasteiger partial charge in [-0.2, -0.15) is 0 Å². The number of allylic oxidation sites excluding steroid dienone is 2. The zero-order valence-corrected chi connectivity index (χ0v) is 31.7. The normalized spacial score (nSPS) is 28.0. The molecule has 4 aromatic carbocycles. The molecule has 53 heavy (non-hydrogen) atoms. The first kappa shape index (κ1) is 35.4. The number of ether oxygens (including phenoxy) is 2. The van der Waals surface area contributed by atoms with E-state index >= 15 is 0 Å². The Hall–Kier alpha value is -4.64. The molecule has 6 atom stereocenters. The van der Waals surface area contributed by atoms with Crippen molar-refractivity contribution in [2.75, 3.05) is 24.6 Å². The monoisotopic (exact) mass is 814 g/mol. The summed E-state index contributed by atoms with van der Waals surface area (Å²) < 4.78 is 10.8. The van der Waals surface area contributed by atoms with E-state index in [1.54, 1.807) is 44.6 Å². The average Bonchev–Trinajstić information content (AvgIpc) is 3.51. The molecule has 4 aromatic rings. The number of hydrogen-bond acceptors (Lipinski definition) is 7. The van der Waals surface area contributed by atoms with E-state index in [1.165, 1.54) is 4.90 Å². The van der Waals surface area contributed by atoms with Gasteiger partial charge in [0.05, 0.1) is 37.2 Å². The Labute approximate surface area is 323 Å². The van der Waals surface area contributed by atoms with Crippen molar-refractivity contribution in [1.29, 1.82) is 0 Å². The molecule has 12 heteroatoms. The number of amides is 4. The molecule has 0 spiro atoms. The van der Waals surface area contributed by atoms with Gasteiger partial charge in [0, 0.05) is 22.4 Å². The van der Waals surface area contributed by atoms with Gasteiger partial charge in [-0.1, -0.05) is 88.3 Å². The number of likely N-dealkylation sites (tertiary alicyclic amines) is 1. The summed E-state index contributed by atoms with van der Waals surface area (Å²) in [5.74, 6) is -4.26. The molecule has 6 unspecified atom stereocenters. The highest BCUT2D eigenvalue weighted by molar-refractivity contribution is 9.09. The lowest BCUT2D eigenvalue weighted by Gasteiger charge is -2.50. The van der Waals surface area contributed by atoms with Crippen molar-refractivity contribution in [3.8, 4) is 17.2 Å². The fourth-order valence-electron chi connectivity index (χ4n) is 8.75. The number of hydrogen-bond donors (Lipinski definition) is 1. The maximum absolute atomic E-state index is 14.5. The molecule has 3 fully saturated rings. The van der Waals surface area contributed by atoms with Crippen LogP contribution in [0.2, 0.25) is 0 Å². The number of rotatable bonds is 7. The summed E-state index contributed by atoms with van der Waals surface area (Å²) >= 11 is 18.0. The number of fused-ring (bicyclic) bond motifs is 5. The van der Waals surface area contributed by atoms with Crippen LogP contribution < -0.4 is 14.4 Å². The predicted octanol–water partition coefficient (Wildman–Crippen LogP) is 7.65. The number of anilines is 1. The first-order valence-electron chi connectivity index (χ1n) is 17.1. The van der Waals surface area contributed by atoms with E-state index in [2.05, 4.69) is 15.9 Å². The molecule has 270 valence electrons. The number of aromatic hydroxyl groups is 1. The second kappa shape index (κ2) is 13.0. The first-order valence-corrected chi connectivity index (χ1v) is 18.9. The van der Waals surface area contributed by atoms with E-state index in [1.807, 2.05) is 66.8 Å². The highest BCUT2D eigenvalue weighted by Crippen LogP contribution is 2.66. The smallest absolute Gasteiger partial charge is 0.254 e. The van der Waals surface area contributed by atoms with Crippen LogP contribution in [0.15, 0.2) is 90.5 Å². The summed E-state index contributed by atoms with van der Waals surface area (Å²) in [6.45, 7) is 0. The molecule has 2 aliphatic carbocycles. The van der Waals surface area contributed by atoms with Crippen molar-refractivity contribution in [2.24, 2.45) is 17.8 Å². The van der Waals surface area contributed by atoms with E-state index in [9.17, 15) is 24.3 Å². The Morgan fingerprint density at radius 3 is 2.36 bits per heavy atom. The van der Waals surface area contributed by atoms with Crippen LogP contribution >= 0.6 is 39.1 Å². The third kappa shape index (κ3) is 5.09. The molecule has 0 bridgehead atoms. The van der Waals surface area contributed by atoms with E-state index in [4.69, 9.17) is 32.7 Å². The predicted molar refractivity (Wildman–Crippen MR) is 206 cm³/mol. The van der Waals surface area contributed by atoms with Crippen LogP contribution in [0.1, 0.15) is 35.4 Å². The van der Waals surface area contributed by atoms with Crippen LogP contribution in [-0.2, 0) is 19.2 Å². The molecule has 4 aliphatic rings. The largest absolute Gasteiger partial charge is 0.507 e. The molecule has 9 nitrogen and oxygen atoms in total. The number of nitrogens with zero attached hydrogens (tertiary/aromatic N) is 2. The van der Waals surface area contributed by atoms with Crippen molar-refractivity contribution in [2.45, 2.75) is 28.5 Å². The average molecular weight is 817 g/mol. The van der Waals surface area contributed by atoms with E-state index < -0.39 is 51.1 Å². The van der Waals surface area contributed by atoms with E-state index in [0.29, 0.717) is 33.7 Å². The Morgan fingerprint density at radius 2 is 1.64 bits per heavy atom. The van der Waals surface area contributed by atoms with Crippen molar-refractivity contribution in [1.82, 2.24) is 4.90 Å². The van der Waals surface area contributed by atoms with Gasteiger partial charge in [-0.05, 0) is 60.0 Å². The number of alkyl halides is 3.